The molecule has 0 fully saturated rings. The monoisotopic (exact) mass is 465 g/mol. The van der Waals surface area contributed by atoms with Gasteiger partial charge in [-0.2, -0.15) is 0 Å². The first-order valence-corrected chi connectivity index (χ1v) is 14.6. The molecule has 1 N–H and O–H groups in total. The van der Waals surface area contributed by atoms with E-state index >= 15 is 0 Å². The highest BCUT2D eigenvalue weighted by Gasteiger charge is 2.10. The van der Waals surface area contributed by atoms with E-state index in [9.17, 15) is 4.79 Å². The van der Waals surface area contributed by atoms with Crippen LogP contribution < -0.4 is 0 Å². The van der Waals surface area contributed by atoms with Gasteiger partial charge in [0.05, 0.1) is 0 Å². The van der Waals surface area contributed by atoms with Gasteiger partial charge >= 0.3 is 5.97 Å². The van der Waals surface area contributed by atoms with Gasteiger partial charge in [0.15, 0.2) is 0 Å². The molecule has 0 saturated heterocycles. The fourth-order valence-corrected chi connectivity index (χ4v) is 4.65. The number of hydrogen-bond acceptors (Lipinski definition) is 2. The molecule has 1 atom stereocenters. The van der Waals surface area contributed by atoms with Crippen molar-refractivity contribution in [1.82, 2.24) is 4.90 Å². The fourth-order valence-electron chi connectivity index (χ4n) is 4.65. The third-order valence-corrected chi connectivity index (χ3v) is 6.96. The molecular formula is C30H59NO2. The SMILES string of the molecule is CCCCCCCCCC(CCCCCCCC/C=C\CCCCCCCC(=O)O)N(C)C. The summed E-state index contributed by atoms with van der Waals surface area (Å²) in [5.41, 5.74) is 0. The van der Waals surface area contributed by atoms with Crippen molar-refractivity contribution < 1.29 is 9.90 Å². The van der Waals surface area contributed by atoms with Gasteiger partial charge in [-0.05, 0) is 59.0 Å². The van der Waals surface area contributed by atoms with Gasteiger partial charge in [-0.15, -0.1) is 0 Å². The molecule has 0 rings (SSSR count). The van der Waals surface area contributed by atoms with E-state index in [2.05, 4.69) is 38.1 Å². The Hall–Kier alpha value is -0.830. The first kappa shape index (κ1) is 32.2. The summed E-state index contributed by atoms with van der Waals surface area (Å²) < 4.78 is 0. The number of carbonyl (C=O) groups is 1. The van der Waals surface area contributed by atoms with Crippen molar-refractivity contribution >= 4 is 5.97 Å². The maximum Gasteiger partial charge on any atom is 0.303 e. The van der Waals surface area contributed by atoms with Crippen LogP contribution in [0.1, 0.15) is 155 Å². The van der Waals surface area contributed by atoms with E-state index in [-0.39, 0.29) is 0 Å². The van der Waals surface area contributed by atoms with E-state index in [1.54, 1.807) is 0 Å². The van der Waals surface area contributed by atoms with Crippen LogP contribution in [0.2, 0.25) is 0 Å². The standard InChI is InChI=1S/C30H59NO2/c1-4-5-6-7-17-20-23-26-29(31(2)3)27-24-21-18-15-13-11-9-8-10-12-14-16-19-22-25-28-30(32)33/h8,10,29H,4-7,9,11-28H2,1-3H3,(H,32,33)/b10-8-. The van der Waals surface area contributed by atoms with Crippen molar-refractivity contribution in [3.63, 3.8) is 0 Å². The number of hydrogen-bond donors (Lipinski definition) is 1. The smallest absolute Gasteiger partial charge is 0.303 e. The summed E-state index contributed by atoms with van der Waals surface area (Å²) in [6.07, 6.45) is 34.0. The number of carboxylic acids is 1. The van der Waals surface area contributed by atoms with Crippen molar-refractivity contribution in [2.75, 3.05) is 14.1 Å². The summed E-state index contributed by atoms with van der Waals surface area (Å²) in [4.78, 5) is 12.9. The van der Waals surface area contributed by atoms with E-state index < -0.39 is 5.97 Å². The molecule has 3 nitrogen and oxygen atoms in total. The lowest BCUT2D eigenvalue weighted by Crippen LogP contribution is -2.27. The second-order valence-electron chi connectivity index (χ2n) is 10.4. The van der Waals surface area contributed by atoms with Crippen LogP contribution in [0.4, 0.5) is 0 Å². The average Bonchev–Trinajstić information content (AvgIpc) is 2.78. The molecule has 0 saturated carbocycles. The quantitative estimate of drug-likeness (QED) is 0.102. The van der Waals surface area contributed by atoms with Crippen molar-refractivity contribution in [1.29, 1.82) is 0 Å². The predicted molar refractivity (Wildman–Crippen MR) is 146 cm³/mol. The van der Waals surface area contributed by atoms with Gasteiger partial charge < -0.3 is 10.0 Å². The second kappa shape index (κ2) is 25.8. The zero-order valence-corrected chi connectivity index (χ0v) is 22.8. The molecule has 0 amide bonds. The molecule has 0 aliphatic carbocycles. The molecule has 3 heteroatoms. The maximum atomic E-state index is 10.5. The van der Waals surface area contributed by atoms with Crippen molar-refractivity contribution in [2.45, 2.75) is 161 Å². The van der Waals surface area contributed by atoms with Crippen LogP contribution in [-0.4, -0.2) is 36.1 Å². The van der Waals surface area contributed by atoms with E-state index in [0.717, 1.165) is 18.9 Å². The van der Waals surface area contributed by atoms with Crippen LogP contribution >= 0.6 is 0 Å². The molecule has 0 aliphatic rings. The second-order valence-corrected chi connectivity index (χ2v) is 10.4. The Morgan fingerprint density at radius 1 is 0.636 bits per heavy atom. The third kappa shape index (κ3) is 25.6. The zero-order valence-electron chi connectivity index (χ0n) is 22.8. The molecule has 0 heterocycles. The van der Waals surface area contributed by atoms with E-state index in [0.29, 0.717) is 6.42 Å². The highest BCUT2D eigenvalue weighted by molar-refractivity contribution is 5.66. The lowest BCUT2D eigenvalue weighted by Gasteiger charge is -2.24. The molecular weight excluding hydrogens is 406 g/mol. The Labute approximate surface area is 207 Å². The van der Waals surface area contributed by atoms with Gasteiger partial charge in [0.2, 0.25) is 0 Å². The van der Waals surface area contributed by atoms with Crippen LogP contribution in [0.15, 0.2) is 12.2 Å². The van der Waals surface area contributed by atoms with Crippen molar-refractivity contribution in [2.24, 2.45) is 0 Å². The maximum absolute atomic E-state index is 10.5. The molecule has 0 aromatic rings. The molecule has 0 bridgehead atoms. The van der Waals surface area contributed by atoms with E-state index in [1.807, 2.05) is 0 Å². The number of allylic oxidation sites excluding steroid dienone is 2. The minimum absolute atomic E-state index is 0.329. The first-order chi connectivity index (χ1) is 16.1. The van der Waals surface area contributed by atoms with Gasteiger partial charge in [0.1, 0.15) is 0 Å². The lowest BCUT2D eigenvalue weighted by atomic mass is 9.99. The molecule has 0 aromatic heterocycles. The summed E-state index contributed by atoms with van der Waals surface area (Å²) in [6.45, 7) is 2.29. The third-order valence-electron chi connectivity index (χ3n) is 6.96. The van der Waals surface area contributed by atoms with Crippen molar-refractivity contribution in [3.05, 3.63) is 12.2 Å². The number of aliphatic carboxylic acids is 1. The Morgan fingerprint density at radius 3 is 1.45 bits per heavy atom. The van der Waals surface area contributed by atoms with Crippen LogP contribution in [0.5, 0.6) is 0 Å². The fraction of sp³-hybridized carbons (Fsp3) is 0.900. The number of rotatable bonds is 26. The molecule has 0 radical (unpaired) electrons. The summed E-state index contributed by atoms with van der Waals surface area (Å²) in [5, 5.41) is 8.61. The van der Waals surface area contributed by atoms with Gasteiger partial charge in [-0.3, -0.25) is 4.79 Å². The minimum atomic E-state index is -0.662. The topological polar surface area (TPSA) is 40.5 Å². The largest absolute Gasteiger partial charge is 0.481 e. The van der Waals surface area contributed by atoms with Gasteiger partial charge in [-0.1, -0.05) is 115 Å². The number of nitrogens with zero attached hydrogens (tertiary/aromatic N) is 1. The normalized spacial score (nSPS) is 12.7. The number of carboxylic acid groups (broad SMARTS) is 1. The lowest BCUT2D eigenvalue weighted by molar-refractivity contribution is -0.137. The van der Waals surface area contributed by atoms with E-state index in [4.69, 9.17) is 5.11 Å². The Balaban J connectivity index is 3.42. The average molecular weight is 466 g/mol. The van der Waals surface area contributed by atoms with Gasteiger partial charge in [0, 0.05) is 12.5 Å². The van der Waals surface area contributed by atoms with Crippen LogP contribution in [0.3, 0.4) is 0 Å². The molecule has 1 unspecified atom stereocenters. The molecule has 33 heavy (non-hydrogen) atoms. The van der Waals surface area contributed by atoms with Crippen LogP contribution in [-0.2, 0) is 4.79 Å². The van der Waals surface area contributed by atoms with Gasteiger partial charge in [-0.25, -0.2) is 0 Å². The summed E-state index contributed by atoms with van der Waals surface area (Å²) >= 11 is 0. The van der Waals surface area contributed by atoms with Gasteiger partial charge in [0.25, 0.3) is 0 Å². The number of unbranched alkanes of at least 4 members (excludes halogenated alkanes) is 17. The highest BCUT2D eigenvalue weighted by Crippen LogP contribution is 2.17. The van der Waals surface area contributed by atoms with E-state index in [1.165, 1.54) is 128 Å². The predicted octanol–water partition coefficient (Wildman–Crippen LogP) is 9.55. The highest BCUT2D eigenvalue weighted by atomic mass is 16.4. The summed E-state index contributed by atoms with van der Waals surface area (Å²) in [6, 6.07) is 0.788. The molecule has 0 aromatic carbocycles. The molecule has 0 spiro atoms. The molecule has 196 valence electrons. The van der Waals surface area contributed by atoms with Crippen LogP contribution in [0, 0.1) is 0 Å². The first-order valence-electron chi connectivity index (χ1n) is 14.6. The Bertz CT molecular complexity index is 433. The van der Waals surface area contributed by atoms with Crippen molar-refractivity contribution in [3.8, 4) is 0 Å². The summed E-state index contributed by atoms with van der Waals surface area (Å²) in [5.74, 6) is -0.662. The summed E-state index contributed by atoms with van der Waals surface area (Å²) in [7, 11) is 4.53. The molecule has 0 aliphatic heterocycles. The van der Waals surface area contributed by atoms with Crippen LogP contribution in [0.25, 0.3) is 0 Å². The minimum Gasteiger partial charge on any atom is -0.481 e. The Kier molecular flexibility index (Phi) is 25.1. The Morgan fingerprint density at radius 2 is 1.03 bits per heavy atom. The zero-order chi connectivity index (χ0) is 24.4.